The van der Waals surface area contributed by atoms with Crippen molar-refractivity contribution in [3.05, 3.63) is 56.3 Å². The number of aliphatic hydroxyl groups is 1. The van der Waals surface area contributed by atoms with Gasteiger partial charge < -0.3 is 5.11 Å². The molecule has 0 aliphatic carbocycles. The summed E-state index contributed by atoms with van der Waals surface area (Å²) in [5, 5.41) is 21.3. The minimum Gasteiger partial charge on any atom is -0.395 e. The van der Waals surface area contributed by atoms with Crippen LogP contribution in [0.25, 0.3) is 0 Å². The van der Waals surface area contributed by atoms with E-state index < -0.39 is 4.92 Å². The van der Waals surface area contributed by atoms with E-state index >= 15 is 0 Å². The van der Waals surface area contributed by atoms with E-state index in [1.165, 1.54) is 17.0 Å². The quantitative estimate of drug-likeness (QED) is 0.395. The first-order valence-electron chi connectivity index (χ1n) is 6.24. The highest BCUT2D eigenvalue weighted by Gasteiger charge is 2.06. The molecular formula is C15H13NO3S2. The molecule has 6 heteroatoms. The molecule has 1 heterocycles. The second-order valence-electron chi connectivity index (χ2n) is 4.07. The summed E-state index contributed by atoms with van der Waals surface area (Å²) in [6, 6.07) is 8.51. The van der Waals surface area contributed by atoms with Gasteiger partial charge in [0.25, 0.3) is 5.69 Å². The molecule has 0 aliphatic rings. The number of benzene rings is 1. The van der Waals surface area contributed by atoms with Crippen LogP contribution in [0.15, 0.2) is 40.6 Å². The monoisotopic (exact) mass is 319 g/mol. The van der Waals surface area contributed by atoms with Gasteiger partial charge >= 0.3 is 0 Å². The van der Waals surface area contributed by atoms with Crippen LogP contribution in [0.5, 0.6) is 0 Å². The van der Waals surface area contributed by atoms with Crippen molar-refractivity contribution in [3.63, 3.8) is 0 Å². The molecule has 0 bridgehead atoms. The Kier molecular flexibility index (Phi) is 5.81. The first kappa shape index (κ1) is 15.6. The lowest BCUT2D eigenvalue weighted by molar-refractivity contribution is -0.384. The van der Waals surface area contributed by atoms with Gasteiger partial charge in [0.2, 0.25) is 0 Å². The molecule has 0 amide bonds. The molecule has 0 spiro atoms. The van der Waals surface area contributed by atoms with Gasteiger partial charge in [-0.2, -0.15) is 0 Å². The molecule has 2 rings (SSSR count). The van der Waals surface area contributed by atoms with Crippen molar-refractivity contribution in [2.45, 2.75) is 17.1 Å². The van der Waals surface area contributed by atoms with E-state index in [1.54, 1.807) is 35.2 Å². The van der Waals surface area contributed by atoms with E-state index in [9.17, 15) is 10.1 Å². The maximum atomic E-state index is 10.6. The van der Waals surface area contributed by atoms with Crippen LogP contribution < -0.4 is 0 Å². The molecular weight excluding hydrogens is 306 g/mol. The number of non-ortho nitro benzene ring substituents is 1. The first-order valence-corrected chi connectivity index (χ1v) is 8.10. The second-order valence-corrected chi connectivity index (χ2v) is 6.12. The summed E-state index contributed by atoms with van der Waals surface area (Å²) in [6.07, 6.45) is 0.477. The Balaban J connectivity index is 1.99. The molecule has 0 fully saturated rings. The van der Waals surface area contributed by atoms with Crippen LogP contribution in [0, 0.1) is 22.0 Å². The van der Waals surface area contributed by atoms with Gasteiger partial charge in [-0.3, -0.25) is 10.1 Å². The Morgan fingerprint density at radius 3 is 2.71 bits per heavy atom. The summed E-state index contributed by atoms with van der Waals surface area (Å²) in [7, 11) is 0. The maximum Gasteiger partial charge on any atom is 0.269 e. The van der Waals surface area contributed by atoms with Crippen molar-refractivity contribution in [2.75, 3.05) is 6.61 Å². The lowest BCUT2D eigenvalue weighted by atomic mass is 10.2. The average Bonchev–Trinajstić information content (AvgIpc) is 2.93. The number of thioether (sulfide) groups is 1. The SMILES string of the molecule is O=[N+]([O-])c1ccc(SCc2sccc2C#CCCO)cc1. The summed E-state index contributed by atoms with van der Waals surface area (Å²) < 4.78 is 0. The fourth-order valence-electron chi connectivity index (χ4n) is 1.59. The highest BCUT2D eigenvalue weighted by atomic mass is 32.2. The Labute approximate surface area is 131 Å². The fourth-order valence-corrected chi connectivity index (χ4v) is 3.44. The van der Waals surface area contributed by atoms with E-state index in [1.807, 2.05) is 11.4 Å². The van der Waals surface area contributed by atoms with E-state index in [-0.39, 0.29) is 12.3 Å². The maximum absolute atomic E-state index is 10.6. The smallest absolute Gasteiger partial charge is 0.269 e. The molecule has 21 heavy (non-hydrogen) atoms. The van der Waals surface area contributed by atoms with Gasteiger partial charge in [0.15, 0.2) is 0 Å². The molecule has 0 saturated carbocycles. The molecule has 1 aromatic heterocycles. The normalized spacial score (nSPS) is 9.95. The average molecular weight is 319 g/mol. The Bertz CT molecular complexity index is 668. The first-order chi connectivity index (χ1) is 10.2. The molecule has 0 atom stereocenters. The second kappa shape index (κ2) is 7.84. The molecule has 0 unspecified atom stereocenters. The van der Waals surface area contributed by atoms with Crippen molar-refractivity contribution in [2.24, 2.45) is 0 Å². The Morgan fingerprint density at radius 2 is 2.05 bits per heavy atom. The van der Waals surface area contributed by atoms with Gasteiger partial charge in [0.1, 0.15) is 0 Å². The minimum absolute atomic E-state index is 0.0734. The number of nitro groups is 1. The molecule has 108 valence electrons. The predicted molar refractivity (Wildman–Crippen MR) is 85.6 cm³/mol. The van der Waals surface area contributed by atoms with E-state index in [2.05, 4.69) is 11.8 Å². The van der Waals surface area contributed by atoms with Crippen LogP contribution >= 0.6 is 23.1 Å². The molecule has 0 aliphatic heterocycles. The zero-order valence-electron chi connectivity index (χ0n) is 11.1. The van der Waals surface area contributed by atoms with Crippen LogP contribution in [-0.2, 0) is 5.75 Å². The summed E-state index contributed by atoms with van der Waals surface area (Å²) >= 11 is 3.26. The van der Waals surface area contributed by atoms with Gasteiger partial charge in [0, 0.05) is 39.6 Å². The number of nitro benzene ring substituents is 1. The Morgan fingerprint density at radius 1 is 1.29 bits per heavy atom. The molecule has 1 aromatic carbocycles. The van der Waals surface area contributed by atoms with Gasteiger partial charge in [-0.15, -0.1) is 23.1 Å². The standard InChI is InChI=1S/C15H13NO3S2/c17-9-2-1-3-12-8-10-20-15(12)11-21-14-6-4-13(5-7-14)16(18)19/h4-8,10,17H,2,9,11H2. The lowest BCUT2D eigenvalue weighted by Gasteiger charge is -2.00. The number of aliphatic hydroxyl groups excluding tert-OH is 1. The fraction of sp³-hybridized carbons (Fsp3) is 0.200. The third kappa shape index (κ3) is 4.60. The number of rotatable bonds is 5. The summed E-state index contributed by atoms with van der Waals surface area (Å²) in [4.78, 5) is 12.4. The molecule has 2 aromatic rings. The number of hydrogen-bond donors (Lipinski definition) is 1. The third-order valence-corrected chi connectivity index (χ3v) is 4.76. The van der Waals surface area contributed by atoms with Gasteiger partial charge in [0.05, 0.1) is 11.5 Å². The van der Waals surface area contributed by atoms with Crippen LogP contribution in [0.2, 0.25) is 0 Å². The summed E-state index contributed by atoms with van der Waals surface area (Å²) in [5.41, 5.74) is 1.09. The third-order valence-electron chi connectivity index (χ3n) is 2.62. The number of nitrogens with zero attached hydrogens (tertiary/aromatic N) is 1. The van der Waals surface area contributed by atoms with Crippen molar-refractivity contribution in [1.82, 2.24) is 0 Å². The van der Waals surface area contributed by atoms with Gasteiger partial charge in [-0.1, -0.05) is 11.8 Å². The molecule has 1 N–H and O–H groups in total. The van der Waals surface area contributed by atoms with Crippen LogP contribution in [0.4, 0.5) is 5.69 Å². The molecule has 4 nitrogen and oxygen atoms in total. The molecule has 0 saturated heterocycles. The number of hydrogen-bond acceptors (Lipinski definition) is 5. The predicted octanol–water partition coefficient (Wildman–Crippen LogP) is 3.68. The highest BCUT2D eigenvalue weighted by molar-refractivity contribution is 7.98. The van der Waals surface area contributed by atoms with E-state index in [0.29, 0.717) is 6.42 Å². The zero-order chi connectivity index (χ0) is 15.1. The van der Waals surface area contributed by atoms with Crippen LogP contribution in [0.3, 0.4) is 0 Å². The summed E-state index contributed by atoms with van der Waals surface area (Å²) in [6.45, 7) is 0.0734. The zero-order valence-corrected chi connectivity index (χ0v) is 12.7. The van der Waals surface area contributed by atoms with Crippen LogP contribution in [-0.4, -0.2) is 16.6 Å². The minimum atomic E-state index is -0.400. The number of thiophene rings is 1. The largest absolute Gasteiger partial charge is 0.395 e. The highest BCUT2D eigenvalue weighted by Crippen LogP contribution is 2.28. The summed E-state index contributed by atoms with van der Waals surface area (Å²) in [5.74, 6) is 6.75. The molecule has 0 radical (unpaired) electrons. The lowest BCUT2D eigenvalue weighted by Crippen LogP contribution is -1.87. The van der Waals surface area contributed by atoms with E-state index in [0.717, 1.165) is 16.2 Å². The van der Waals surface area contributed by atoms with Crippen LogP contribution in [0.1, 0.15) is 16.9 Å². The van der Waals surface area contributed by atoms with Crippen molar-refractivity contribution in [3.8, 4) is 11.8 Å². The van der Waals surface area contributed by atoms with Crippen molar-refractivity contribution >= 4 is 28.8 Å². The van der Waals surface area contributed by atoms with Gasteiger partial charge in [-0.05, 0) is 23.6 Å². The van der Waals surface area contributed by atoms with Gasteiger partial charge in [-0.25, -0.2) is 0 Å². The Hall–Kier alpha value is -1.81. The van der Waals surface area contributed by atoms with Crippen molar-refractivity contribution in [1.29, 1.82) is 0 Å². The van der Waals surface area contributed by atoms with Crippen molar-refractivity contribution < 1.29 is 10.0 Å². The van der Waals surface area contributed by atoms with E-state index in [4.69, 9.17) is 5.11 Å². The topological polar surface area (TPSA) is 63.4 Å².